The Bertz CT molecular complexity index is 808. The summed E-state index contributed by atoms with van der Waals surface area (Å²) in [6, 6.07) is 14.9. The molecule has 130 valence electrons. The minimum atomic E-state index is -0.705. The molecule has 0 radical (unpaired) electrons. The Morgan fingerprint density at radius 2 is 1.68 bits per heavy atom. The lowest BCUT2D eigenvalue weighted by atomic mass is 9.86. The number of carbonyl (C=O) groups excluding carboxylic acids is 1. The zero-order valence-electron chi connectivity index (χ0n) is 14.2. The van der Waals surface area contributed by atoms with Crippen molar-refractivity contribution in [1.29, 1.82) is 0 Å². The number of carboxylic acid groups (broad SMARTS) is 1. The van der Waals surface area contributed by atoms with Crippen molar-refractivity contribution in [3.05, 3.63) is 48.0 Å². The minimum absolute atomic E-state index is 0.0679. The standard InChI is InChI=1S/C21H23NO3/c23-20(22-17-9-7-14(8-10-17)21(24)25)19-12-18(19)16-6-5-13-3-1-2-4-15(13)11-16/h1-6,11,14,17-19H,7-10,12H2,(H,22,23)(H,24,25). The number of carbonyl (C=O) groups is 2. The Labute approximate surface area is 147 Å². The Balaban J connectivity index is 1.34. The molecule has 4 rings (SSSR count). The molecular formula is C21H23NO3. The van der Waals surface area contributed by atoms with Crippen molar-refractivity contribution in [2.45, 2.75) is 44.1 Å². The molecular weight excluding hydrogens is 314 g/mol. The van der Waals surface area contributed by atoms with E-state index < -0.39 is 5.97 Å². The van der Waals surface area contributed by atoms with Gasteiger partial charge in [-0.2, -0.15) is 0 Å². The molecule has 2 atom stereocenters. The maximum atomic E-state index is 12.5. The fourth-order valence-corrected chi connectivity index (χ4v) is 4.08. The van der Waals surface area contributed by atoms with Crippen LogP contribution in [0, 0.1) is 11.8 Å². The lowest BCUT2D eigenvalue weighted by molar-refractivity contribution is -0.142. The zero-order valence-corrected chi connectivity index (χ0v) is 14.2. The van der Waals surface area contributed by atoms with Gasteiger partial charge in [0.25, 0.3) is 0 Å². The first-order valence-electron chi connectivity index (χ1n) is 9.13. The van der Waals surface area contributed by atoms with Crippen LogP contribution in [-0.4, -0.2) is 23.0 Å². The van der Waals surface area contributed by atoms with Gasteiger partial charge in [-0.15, -0.1) is 0 Å². The summed E-state index contributed by atoms with van der Waals surface area (Å²) in [5.41, 5.74) is 1.24. The van der Waals surface area contributed by atoms with Gasteiger partial charge in [-0.3, -0.25) is 9.59 Å². The summed E-state index contributed by atoms with van der Waals surface area (Å²) in [7, 11) is 0. The van der Waals surface area contributed by atoms with Gasteiger partial charge in [0.15, 0.2) is 0 Å². The predicted octanol–water partition coefficient (Wildman–Crippen LogP) is 3.70. The van der Waals surface area contributed by atoms with E-state index in [4.69, 9.17) is 5.11 Å². The molecule has 4 nitrogen and oxygen atoms in total. The van der Waals surface area contributed by atoms with Crippen molar-refractivity contribution < 1.29 is 14.7 Å². The summed E-state index contributed by atoms with van der Waals surface area (Å²) in [5.74, 6) is -0.418. The molecule has 2 N–H and O–H groups in total. The SMILES string of the molecule is O=C(O)C1CCC(NC(=O)C2CC2c2ccc3ccccc3c2)CC1. The van der Waals surface area contributed by atoms with E-state index in [0.29, 0.717) is 18.8 Å². The summed E-state index contributed by atoms with van der Waals surface area (Å²) in [4.78, 5) is 23.5. The van der Waals surface area contributed by atoms with Gasteiger partial charge in [-0.1, -0.05) is 42.5 Å². The van der Waals surface area contributed by atoms with E-state index in [1.807, 2.05) is 12.1 Å². The maximum Gasteiger partial charge on any atom is 0.306 e. The molecule has 4 heteroatoms. The molecule has 25 heavy (non-hydrogen) atoms. The van der Waals surface area contributed by atoms with Crippen LogP contribution >= 0.6 is 0 Å². The summed E-state index contributed by atoms with van der Waals surface area (Å²) in [6.45, 7) is 0. The summed E-state index contributed by atoms with van der Waals surface area (Å²) in [6.07, 6.45) is 3.79. The topological polar surface area (TPSA) is 66.4 Å². The Morgan fingerprint density at radius 3 is 2.40 bits per heavy atom. The van der Waals surface area contributed by atoms with E-state index in [9.17, 15) is 9.59 Å². The monoisotopic (exact) mass is 337 g/mol. The van der Waals surface area contributed by atoms with Crippen molar-refractivity contribution in [2.24, 2.45) is 11.8 Å². The van der Waals surface area contributed by atoms with E-state index in [1.165, 1.54) is 16.3 Å². The fourth-order valence-electron chi connectivity index (χ4n) is 4.08. The summed E-state index contributed by atoms with van der Waals surface area (Å²) in [5, 5.41) is 14.6. The van der Waals surface area contributed by atoms with Crippen molar-refractivity contribution in [1.82, 2.24) is 5.32 Å². The highest BCUT2D eigenvalue weighted by atomic mass is 16.4. The molecule has 0 spiro atoms. The van der Waals surface area contributed by atoms with Crippen molar-refractivity contribution in [2.75, 3.05) is 0 Å². The third kappa shape index (κ3) is 3.39. The van der Waals surface area contributed by atoms with E-state index in [2.05, 4.69) is 35.6 Å². The highest BCUT2D eigenvalue weighted by Gasteiger charge is 2.44. The summed E-state index contributed by atoms with van der Waals surface area (Å²) < 4.78 is 0. The van der Waals surface area contributed by atoms with Crippen molar-refractivity contribution in [3.8, 4) is 0 Å². The molecule has 0 saturated heterocycles. The second kappa shape index (κ2) is 6.51. The highest BCUT2D eigenvalue weighted by Crippen LogP contribution is 2.48. The number of hydrogen-bond donors (Lipinski definition) is 2. The fraction of sp³-hybridized carbons (Fsp3) is 0.429. The molecule has 2 aromatic carbocycles. The average molecular weight is 337 g/mol. The molecule has 2 aromatic rings. The predicted molar refractivity (Wildman–Crippen MR) is 96.3 cm³/mol. The van der Waals surface area contributed by atoms with Crippen LogP contribution in [0.1, 0.15) is 43.6 Å². The third-order valence-electron chi connectivity index (χ3n) is 5.75. The Kier molecular flexibility index (Phi) is 4.20. The Hall–Kier alpha value is -2.36. The number of fused-ring (bicyclic) bond motifs is 1. The normalized spacial score (nSPS) is 28.5. The quantitative estimate of drug-likeness (QED) is 0.894. The van der Waals surface area contributed by atoms with Crippen LogP contribution in [0.25, 0.3) is 10.8 Å². The van der Waals surface area contributed by atoms with Crippen LogP contribution < -0.4 is 5.32 Å². The van der Waals surface area contributed by atoms with Crippen LogP contribution in [0.4, 0.5) is 0 Å². The number of aliphatic carboxylic acids is 1. The molecule has 0 aromatic heterocycles. The lowest BCUT2D eigenvalue weighted by Crippen LogP contribution is -2.39. The average Bonchev–Trinajstić information content (AvgIpc) is 3.43. The number of carboxylic acids is 1. The lowest BCUT2D eigenvalue weighted by Gasteiger charge is -2.26. The molecule has 2 aliphatic carbocycles. The molecule has 0 heterocycles. The van der Waals surface area contributed by atoms with E-state index in [0.717, 1.165) is 19.3 Å². The van der Waals surface area contributed by atoms with Crippen LogP contribution in [-0.2, 0) is 9.59 Å². The third-order valence-corrected chi connectivity index (χ3v) is 5.75. The van der Waals surface area contributed by atoms with Gasteiger partial charge >= 0.3 is 5.97 Å². The highest BCUT2D eigenvalue weighted by molar-refractivity contribution is 5.86. The zero-order chi connectivity index (χ0) is 17.4. The van der Waals surface area contributed by atoms with Gasteiger partial charge in [0.1, 0.15) is 0 Å². The molecule has 0 aliphatic heterocycles. The second-order valence-electron chi connectivity index (χ2n) is 7.45. The molecule has 2 saturated carbocycles. The van der Waals surface area contributed by atoms with Gasteiger partial charge in [0.2, 0.25) is 5.91 Å². The first kappa shape index (κ1) is 16.1. The summed E-state index contributed by atoms with van der Waals surface area (Å²) >= 11 is 0. The molecule has 1 amide bonds. The largest absolute Gasteiger partial charge is 0.481 e. The number of hydrogen-bond acceptors (Lipinski definition) is 2. The first-order valence-corrected chi connectivity index (χ1v) is 9.13. The van der Waals surface area contributed by atoms with Gasteiger partial charge in [0, 0.05) is 12.0 Å². The van der Waals surface area contributed by atoms with Gasteiger partial charge in [-0.25, -0.2) is 0 Å². The molecule has 0 bridgehead atoms. The molecule has 2 aliphatic rings. The number of nitrogens with one attached hydrogen (secondary N) is 1. The number of rotatable bonds is 4. The van der Waals surface area contributed by atoms with Gasteiger partial charge < -0.3 is 10.4 Å². The molecule has 2 fully saturated rings. The minimum Gasteiger partial charge on any atom is -0.481 e. The van der Waals surface area contributed by atoms with Crippen molar-refractivity contribution in [3.63, 3.8) is 0 Å². The van der Waals surface area contributed by atoms with Crippen LogP contribution in [0.5, 0.6) is 0 Å². The van der Waals surface area contributed by atoms with Gasteiger partial charge in [0.05, 0.1) is 5.92 Å². The van der Waals surface area contributed by atoms with Crippen LogP contribution in [0.2, 0.25) is 0 Å². The van der Waals surface area contributed by atoms with Crippen molar-refractivity contribution >= 4 is 22.6 Å². The van der Waals surface area contributed by atoms with E-state index >= 15 is 0 Å². The van der Waals surface area contributed by atoms with Gasteiger partial charge in [-0.05, 0) is 54.4 Å². The van der Waals surface area contributed by atoms with E-state index in [1.54, 1.807) is 0 Å². The molecule has 2 unspecified atom stereocenters. The Morgan fingerprint density at radius 1 is 0.960 bits per heavy atom. The number of amides is 1. The van der Waals surface area contributed by atoms with Crippen LogP contribution in [0.15, 0.2) is 42.5 Å². The maximum absolute atomic E-state index is 12.5. The first-order chi connectivity index (χ1) is 12.1. The number of benzene rings is 2. The smallest absolute Gasteiger partial charge is 0.306 e. The van der Waals surface area contributed by atoms with Crippen LogP contribution in [0.3, 0.4) is 0 Å². The second-order valence-corrected chi connectivity index (χ2v) is 7.45. The van der Waals surface area contributed by atoms with E-state index in [-0.39, 0.29) is 23.8 Å².